The third kappa shape index (κ3) is 3.38. The Kier molecular flexibility index (Phi) is 5.86. The zero-order chi connectivity index (χ0) is 14.0. The summed E-state index contributed by atoms with van der Waals surface area (Å²) in [7, 11) is 0. The molecule has 0 heterocycles. The fourth-order valence-corrected chi connectivity index (χ4v) is 0.855. The van der Waals surface area contributed by atoms with Gasteiger partial charge in [-0.2, -0.15) is 31.6 Å². The van der Waals surface area contributed by atoms with Crippen molar-refractivity contribution in [3.05, 3.63) is 34.4 Å². The summed E-state index contributed by atoms with van der Waals surface area (Å²) in [4.78, 5) is 0. The predicted molar refractivity (Wildman–Crippen MR) is 56.9 cm³/mol. The topological polar surface area (TPSA) is 143 Å². The van der Waals surface area contributed by atoms with Gasteiger partial charge >= 0.3 is 0 Å². The lowest BCUT2D eigenvalue weighted by Gasteiger charge is -1.93. The first kappa shape index (κ1) is 14.2. The summed E-state index contributed by atoms with van der Waals surface area (Å²) in [5.74, 6) is 0. The number of rotatable bonds is 2. The Hall–Kier alpha value is -3.84. The molecule has 0 rings (SSSR count). The van der Waals surface area contributed by atoms with E-state index >= 15 is 0 Å². The average molecular weight is 230 g/mol. The van der Waals surface area contributed by atoms with E-state index in [-0.39, 0.29) is 16.7 Å². The quantitative estimate of drug-likeness (QED) is 0.516. The van der Waals surface area contributed by atoms with E-state index in [2.05, 4.69) is 0 Å². The van der Waals surface area contributed by atoms with Crippen molar-refractivity contribution in [1.29, 1.82) is 31.6 Å². The zero-order valence-electron chi connectivity index (χ0n) is 8.84. The summed E-state index contributed by atoms with van der Waals surface area (Å²) < 4.78 is 0. The van der Waals surface area contributed by atoms with Gasteiger partial charge in [0.25, 0.3) is 0 Å². The minimum absolute atomic E-state index is 0.247. The summed E-state index contributed by atoms with van der Waals surface area (Å²) in [6.45, 7) is 0. The maximum Gasteiger partial charge on any atom is 0.147 e. The fourth-order valence-electron chi connectivity index (χ4n) is 0.855. The van der Waals surface area contributed by atoms with Crippen LogP contribution >= 0.6 is 0 Å². The molecule has 0 N–H and O–H groups in total. The zero-order valence-corrected chi connectivity index (χ0v) is 8.84. The summed E-state index contributed by atoms with van der Waals surface area (Å²) in [5, 5.41) is 51.9. The van der Waals surface area contributed by atoms with Crippen molar-refractivity contribution in [2.45, 2.75) is 0 Å². The van der Waals surface area contributed by atoms with Crippen LogP contribution < -0.4 is 0 Å². The highest BCUT2D eigenvalue weighted by atomic mass is 14.3. The van der Waals surface area contributed by atoms with Gasteiger partial charge in [-0.05, 0) is 6.08 Å². The standard InChI is InChI=1S/C12H2N6/c13-2-1-9(4-14)10(5-15)3-11(6-16)12(7-17)8-18/h1,3H. The second-order valence-corrected chi connectivity index (χ2v) is 2.59. The summed E-state index contributed by atoms with van der Waals surface area (Å²) >= 11 is 0. The molecule has 0 aromatic rings. The predicted octanol–water partition coefficient (Wildman–Crippen LogP) is 1.28. The van der Waals surface area contributed by atoms with Crippen LogP contribution in [-0.4, -0.2) is 0 Å². The molecule has 0 atom stereocenters. The average Bonchev–Trinajstić information content (AvgIpc) is 2.41. The van der Waals surface area contributed by atoms with E-state index in [1.807, 2.05) is 0 Å². The van der Waals surface area contributed by atoms with Crippen LogP contribution in [0.3, 0.4) is 0 Å². The molecule has 0 aromatic carbocycles. The third-order valence-electron chi connectivity index (χ3n) is 1.64. The van der Waals surface area contributed by atoms with Crippen LogP contribution in [0.1, 0.15) is 0 Å². The van der Waals surface area contributed by atoms with Gasteiger partial charge in [-0.25, -0.2) is 0 Å². The van der Waals surface area contributed by atoms with Gasteiger partial charge in [-0.15, -0.1) is 0 Å². The number of allylic oxidation sites excluding steroid dienone is 6. The van der Waals surface area contributed by atoms with E-state index in [4.69, 9.17) is 31.6 Å². The lowest BCUT2D eigenvalue weighted by molar-refractivity contribution is 1.39. The first-order valence-electron chi connectivity index (χ1n) is 4.25. The molecule has 0 aromatic heterocycles. The van der Waals surface area contributed by atoms with Crippen LogP contribution in [0.15, 0.2) is 34.4 Å². The van der Waals surface area contributed by atoms with Gasteiger partial charge in [0.2, 0.25) is 0 Å². The van der Waals surface area contributed by atoms with E-state index in [1.165, 1.54) is 12.1 Å². The van der Waals surface area contributed by atoms with Crippen LogP contribution in [-0.2, 0) is 0 Å². The Morgan fingerprint density at radius 1 is 0.667 bits per heavy atom. The smallest absolute Gasteiger partial charge is 0.147 e. The molecule has 0 fully saturated rings. The molecule has 6 nitrogen and oxygen atoms in total. The maximum absolute atomic E-state index is 8.81. The van der Waals surface area contributed by atoms with Crippen molar-refractivity contribution >= 4 is 0 Å². The van der Waals surface area contributed by atoms with Crippen molar-refractivity contribution in [2.75, 3.05) is 0 Å². The van der Waals surface area contributed by atoms with Gasteiger partial charge in [-0.1, -0.05) is 0 Å². The van der Waals surface area contributed by atoms with Crippen molar-refractivity contribution in [3.63, 3.8) is 0 Å². The molecular formula is C12H2N6. The Morgan fingerprint density at radius 3 is 1.56 bits per heavy atom. The van der Waals surface area contributed by atoms with Crippen LogP contribution in [0.25, 0.3) is 0 Å². The molecule has 0 amide bonds. The molecule has 0 spiro atoms. The molecule has 0 aliphatic heterocycles. The summed E-state index contributed by atoms with van der Waals surface area (Å²) in [6, 6.07) is 9.37. The lowest BCUT2D eigenvalue weighted by atomic mass is 10.0. The monoisotopic (exact) mass is 230 g/mol. The molecule has 18 heavy (non-hydrogen) atoms. The number of nitriles is 6. The normalized spacial score (nSPS) is 9.44. The molecule has 0 saturated carbocycles. The fraction of sp³-hybridized carbons (Fsp3) is 0. The van der Waals surface area contributed by atoms with E-state index in [9.17, 15) is 0 Å². The third-order valence-corrected chi connectivity index (χ3v) is 1.64. The Morgan fingerprint density at radius 2 is 1.22 bits per heavy atom. The van der Waals surface area contributed by atoms with Gasteiger partial charge in [0.05, 0.1) is 22.8 Å². The maximum atomic E-state index is 8.81. The minimum atomic E-state index is -0.473. The van der Waals surface area contributed by atoms with Gasteiger partial charge in [0.1, 0.15) is 35.9 Å². The molecule has 0 aliphatic carbocycles. The van der Waals surface area contributed by atoms with Crippen molar-refractivity contribution in [2.24, 2.45) is 0 Å². The number of hydrogen-bond acceptors (Lipinski definition) is 6. The molecule has 80 valence electrons. The Balaban J connectivity index is 6.02. The van der Waals surface area contributed by atoms with Crippen molar-refractivity contribution in [3.8, 4) is 36.4 Å². The Labute approximate surface area is 103 Å². The van der Waals surface area contributed by atoms with E-state index in [0.717, 1.165) is 12.2 Å². The first-order valence-corrected chi connectivity index (χ1v) is 4.25. The molecule has 0 saturated heterocycles. The lowest BCUT2D eigenvalue weighted by Crippen LogP contribution is -1.88. The summed E-state index contributed by atoms with van der Waals surface area (Å²) in [5.41, 5.74) is -1.32. The minimum Gasteiger partial charge on any atom is -0.193 e. The second-order valence-electron chi connectivity index (χ2n) is 2.59. The van der Waals surface area contributed by atoms with Crippen LogP contribution in [0.5, 0.6) is 0 Å². The van der Waals surface area contributed by atoms with Gasteiger partial charge in [-0.3, -0.25) is 0 Å². The largest absolute Gasteiger partial charge is 0.193 e. The Bertz CT molecular complexity index is 677. The molecule has 0 aliphatic rings. The van der Waals surface area contributed by atoms with Gasteiger partial charge < -0.3 is 0 Å². The summed E-state index contributed by atoms with van der Waals surface area (Å²) in [6.07, 6.45) is 1.76. The van der Waals surface area contributed by atoms with Crippen LogP contribution in [0.2, 0.25) is 0 Å². The number of hydrogen-bond donors (Lipinski definition) is 0. The van der Waals surface area contributed by atoms with E-state index in [1.54, 1.807) is 24.3 Å². The first-order chi connectivity index (χ1) is 8.68. The van der Waals surface area contributed by atoms with Crippen molar-refractivity contribution < 1.29 is 0 Å². The highest BCUT2D eigenvalue weighted by Crippen LogP contribution is 2.13. The molecule has 6 heteroatoms. The van der Waals surface area contributed by atoms with Gasteiger partial charge in [0.15, 0.2) is 0 Å². The molecule has 0 radical (unpaired) electrons. The van der Waals surface area contributed by atoms with Crippen molar-refractivity contribution in [1.82, 2.24) is 0 Å². The van der Waals surface area contributed by atoms with Crippen LogP contribution in [0.4, 0.5) is 0 Å². The number of nitrogens with zero attached hydrogens (tertiary/aromatic N) is 6. The SMILES string of the molecule is N#CC=C(C#N)C(C#N)=CC(C#N)=C(C#N)C#N. The van der Waals surface area contributed by atoms with Gasteiger partial charge in [0, 0.05) is 6.08 Å². The highest BCUT2D eigenvalue weighted by molar-refractivity contribution is 5.60. The molecule has 0 bridgehead atoms. The molecule has 0 unspecified atom stereocenters. The molecular weight excluding hydrogens is 228 g/mol. The second kappa shape index (κ2) is 7.45. The van der Waals surface area contributed by atoms with E-state index in [0.29, 0.717) is 0 Å². The van der Waals surface area contributed by atoms with E-state index < -0.39 is 5.57 Å². The highest BCUT2D eigenvalue weighted by Gasteiger charge is 2.08. The van der Waals surface area contributed by atoms with Crippen LogP contribution in [0, 0.1) is 68.0 Å².